The number of rotatable bonds is 7. The van der Waals surface area contributed by atoms with Gasteiger partial charge in [0.15, 0.2) is 5.69 Å². The summed E-state index contributed by atoms with van der Waals surface area (Å²) in [5.41, 5.74) is 4.95. The first kappa shape index (κ1) is 19.0. The third-order valence-electron chi connectivity index (χ3n) is 5.03. The molecule has 0 amide bonds. The van der Waals surface area contributed by atoms with Gasteiger partial charge in [0.1, 0.15) is 23.8 Å². The van der Waals surface area contributed by atoms with Crippen LogP contribution in [-0.4, -0.2) is 35.1 Å². The summed E-state index contributed by atoms with van der Waals surface area (Å²) in [7, 11) is 1.62. The molecule has 0 fully saturated rings. The van der Waals surface area contributed by atoms with Gasteiger partial charge < -0.3 is 14.2 Å². The van der Waals surface area contributed by atoms with E-state index in [9.17, 15) is 4.79 Å². The topological polar surface area (TPSA) is 86.3 Å². The minimum absolute atomic E-state index is 0.155. The predicted molar refractivity (Wildman–Crippen MR) is 107 cm³/mol. The van der Waals surface area contributed by atoms with Crippen LogP contribution in [0.25, 0.3) is 11.3 Å². The van der Waals surface area contributed by atoms with Gasteiger partial charge in [-0.2, -0.15) is 10.3 Å². The van der Waals surface area contributed by atoms with Gasteiger partial charge in [-0.3, -0.25) is 0 Å². The summed E-state index contributed by atoms with van der Waals surface area (Å²) in [5.74, 6) is 1.03. The number of benzene rings is 2. The average Bonchev–Trinajstić information content (AvgIpc) is 3.41. The number of aryl methyl sites for hydroxylation is 2. The van der Waals surface area contributed by atoms with Crippen LogP contribution in [-0.2, 0) is 24.2 Å². The number of hydrogen-bond acceptors (Lipinski definition) is 6. The fraction of sp³-hybridized carbons (Fsp3) is 0.318. The quantitative estimate of drug-likeness (QED) is 0.616. The van der Waals surface area contributed by atoms with Gasteiger partial charge >= 0.3 is 5.97 Å². The number of nitrogens with zero attached hydrogens (tertiary/aromatic N) is 2. The lowest BCUT2D eigenvalue weighted by Crippen LogP contribution is -2.07. The second-order valence-corrected chi connectivity index (χ2v) is 6.84. The number of H-pyrrole nitrogens is 1. The van der Waals surface area contributed by atoms with E-state index < -0.39 is 5.97 Å². The molecule has 0 saturated heterocycles. The summed E-state index contributed by atoms with van der Waals surface area (Å²) in [6.07, 6.45) is 3.45. The maximum Gasteiger partial charge on any atom is 0.361 e. The average molecular weight is 393 g/mol. The van der Waals surface area contributed by atoms with E-state index in [0.717, 1.165) is 29.7 Å². The van der Waals surface area contributed by atoms with Gasteiger partial charge in [0, 0.05) is 11.1 Å². The van der Waals surface area contributed by atoms with Crippen molar-refractivity contribution in [1.82, 2.24) is 15.4 Å². The lowest BCUT2D eigenvalue weighted by molar-refractivity contribution is 0.0520. The van der Waals surface area contributed by atoms with Gasteiger partial charge in [-0.05, 0) is 67.6 Å². The fourth-order valence-electron chi connectivity index (χ4n) is 3.61. The molecule has 1 heterocycles. The number of esters is 1. The molecule has 1 aliphatic carbocycles. The van der Waals surface area contributed by atoms with Gasteiger partial charge in [-0.15, -0.1) is 5.10 Å². The van der Waals surface area contributed by atoms with Gasteiger partial charge in [-0.25, -0.2) is 4.79 Å². The molecule has 7 nitrogen and oxygen atoms in total. The summed E-state index contributed by atoms with van der Waals surface area (Å²) in [4.78, 5) is 12.1. The number of fused-ring (bicyclic) bond motifs is 1. The molecule has 1 N–H and O–H groups in total. The maximum atomic E-state index is 12.1. The fourth-order valence-corrected chi connectivity index (χ4v) is 3.61. The highest BCUT2D eigenvalue weighted by Gasteiger charge is 2.20. The molecule has 0 aliphatic heterocycles. The van der Waals surface area contributed by atoms with Crippen molar-refractivity contribution in [2.75, 3.05) is 13.7 Å². The summed E-state index contributed by atoms with van der Waals surface area (Å²) in [5, 5.41) is 10.6. The molecule has 0 unspecified atom stereocenters. The van der Waals surface area contributed by atoms with Crippen molar-refractivity contribution < 1.29 is 19.0 Å². The number of methoxy groups -OCH3 is 1. The highest BCUT2D eigenvalue weighted by molar-refractivity contribution is 5.94. The number of hydrogen-bond donors (Lipinski definition) is 1. The highest BCUT2D eigenvalue weighted by Crippen LogP contribution is 2.30. The van der Waals surface area contributed by atoms with E-state index in [-0.39, 0.29) is 12.3 Å². The first-order chi connectivity index (χ1) is 14.2. The van der Waals surface area contributed by atoms with Crippen LogP contribution in [0.15, 0.2) is 36.4 Å². The monoisotopic (exact) mass is 393 g/mol. The Kier molecular flexibility index (Phi) is 5.46. The Bertz CT molecular complexity index is 1030. The van der Waals surface area contributed by atoms with Crippen molar-refractivity contribution in [2.45, 2.75) is 32.8 Å². The van der Waals surface area contributed by atoms with E-state index in [1.54, 1.807) is 14.0 Å². The molecule has 0 spiro atoms. The Hall–Kier alpha value is -3.35. The highest BCUT2D eigenvalue weighted by atomic mass is 16.5. The number of aromatic amines is 1. The second-order valence-electron chi connectivity index (χ2n) is 6.84. The summed E-state index contributed by atoms with van der Waals surface area (Å²) >= 11 is 0. The molecule has 0 bridgehead atoms. The number of carbonyl (C=O) groups excluding carboxylic acids is 1. The van der Waals surface area contributed by atoms with Gasteiger partial charge in [0.25, 0.3) is 0 Å². The normalized spacial score (nSPS) is 12.5. The van der Waals surface area contributed by atoms with Crippen molar-refractivity contribution in [1.29, 1.82) is 0 Å². The Morgan fingerprint density at radius 3 is 2.79 bits per heavy atom. The molecule has 29 heavy (non-hydrogen) atoms. The molecule has 0 atom stereocenters. The molecule has 0 radical (unpaired) electrons. The Morgan fingerprint density at radius 2 is 1.97 bits per heavy atom. The van der Waals surface area contributed by atoms with Crippen LogP contribution in [0.4, 0.5) is 0 Å². The van der Waals surface area contributed by atoms with Crippen LogP contribution in [0, 0.1) is 0 Å². The lowest BCUT2D eigenvalue weighted by Gasteiger charge is -2.13. The summed E-state index contributed by atoms with van der Waals surface area (Å²) < 4.78 is 16.6. The molecule has 0 saturated carbocycles. The predicted octanol–water partition coefficient (Wildman–Crippen LogP) is 3.72. The van der Waals surface area contributed by atoms with E-state index >= 15 is 0 Å². The number of aromatic nitrogens is 3. The van der Waals surface area contributed by atoms with Crippen molar-refractivity contribution in [2.24, 2.45) is 0 Å². The Balaban J connectivity index is 1.58. The first-order valence-electron chi connectivity index (χ1n) is 9.69. The van der Waals surface area contributed by atoms with Crippen LogP contribution in [0.5, 0.6) is 11.5 Å². The van der Waals surface area contributed by atoms with Crippen molar-refractivity contribution in [3.63, 3.8) is 0 Å². The zero-order valence-corrected chi connectivity index (χ0v) is 16.5. The van der Waals surface area contributed by atoms with E-state index in [0.29, 0.717) is 18.1 Å². The van der Waals surface area contributed by atoms with Gasteiger partial charge in [0.2, 0.25) is 0 Å². The minimum Gasteiger partial charge on any atom is -0.496 e. The molecular weight excluding hydrogens is 370 g/mol. The zero-order valence-electron chi connectivity index (χ0n) is 16.5. The third kappa shape index (κ3) is 3.94. The van der Waals surface area contributed by atoms with Crippen LogP contribution in [0.1, 0.15) is 40.5 Å². The van der Waals surface area contributed by atoms with Crippen LogP contribution >= 0.6 is 0 Å². The van der Waals surface area contributed by atoms with Gasteiger partial charge in [0.05, 0.1) is 13.7 Å². The molecular formula is C22H23N3O4. The molecule has 150 valence electrons. The number of ether oxygens (including phenoxy) is 3. The summed E-state index contributed by atoms with van der Waals surface area (Å²) in [6.45, 7) is 2.36. The third-order valence-corrected chi connectivity index (χ3v) is 5.03. The minimum atomic E-state index is -0.511. The van der Waals surface area contributed by atoms with E-state index in [4.69, 9.17) is 14.2 Å². The van der Waals surface area contributed by atoms with Crippen molar-refractivity contribution in [3.8, 4) is 22.8 Å². The van der Waals surface area contributed by atoms with Crippen molar-refractivity contribution in [3.05, 3.63) is 58.8 Å². The van der Waals surface area contributed by atoms with Crippen LogP contribution < -0.4 is 9.47 Å². The molecule has 7 heteroatoms. The number of nitrogens with one attached hydrogen (secondary N) is 1. The van der Waals surface area contributed by atoms with E-state index in [2.05, 4.69) is 27.5 Å². The van der Waals surface area contributed by atoms with E-state index in [1.807, 2.05) is 24.3 Å². The van der Waals surface area contributed by atoms with E-state index in [1.165, 1.54) is 17.5 Å². The molecule has 1 aliphatic rings. The largest absolute Gasteiger partial charge is 0.496 e. The molecule has 3 aromatic rings. The Morgan fingerprint density at radius 1 is 1.10 bits per heavy atom. The van der Waals surface area contributed by atoms with Gasteiger partial charge in [-0.1, -0.05) is 6.07 Å². The lowest BCUT2D eigenvalue weighted by atomic mass is 10.1. The molecule has 1 aromatic heterocycles. The maximum absolute atomic E-state index is 12.1. The van der Waals surface area contributed by atoms with Crippen LogP contribution in [0.3, 0.4) is 0 Å². The standard InChI is InChI=1S/C22H23N3O4/c1-3-28-22(26)21-20(23-25-24-21)16-8-10-19(27-2)17(11-16)13-29-18-9-7-14-5-4-6-15(14)12-18/h7-12H,3-6,13H2,1-2H3,(H,23,24,25). The SMILES string of the molecule is CCOC(=O)c1n[nH]nc1-c1ccc(OC)c(COc2ccc3c(c2)CCC3)c1. The molecule has 2 aromatic carbocycles. The molecule has 4 rings (SSSR count). The van der Waals surface area contributed by atoms with Crippen molar-refractivity contribution >= 4 is 5.97 Å². The van der Waals surface area contributed by atoms with Crippen LogP contribution in [0.2, 0.25) is 0 Å². The zero-order chi connectivity index (χ0) is 20.2. The smallest absolute Gasteiger partial charge is 0.361 e. The number of carbonyl (C=O) groups is 1. The summed E-state index contributed by atoms with van der Waals surface area (Å²) in [6, 6.07) is 11.8. The first-order valence-corrected chi connectivity index (χ1v) is 9.69. The Labute approximate surface area is 169 Å². The second kappa shape index (κ2) is 8.34.